The fourth-order valence-corrected chi connectivity index (χ4v) is 3.21. The van der Waals surface area contributed by atoms with E-state index in [4.69, 9.17) is 11.6 Å². The molecule has 0 unspecified atom stereocenters. The van der Waals surface area contributed by atoms with Crippen molar-refractivity contribution in [2.24, 2.45) is 0 Å². The number of H-pyrrole nitrogens is 1. The smallest absolute Gasteiger partial charge is 0.272 e. The highest BCUT2D eigenvalue weighted by Gasteiger charge is 2.23. The van der Waals surface area contributed by atoms with Crippen LogP contribution >= 0.6 is 11.6 Å². The van der Waals surface area contributed by atoms with Gasteiger partial charge in [-0.05, 0) is 19.0 Å². The molecular weight excluding hydrogens is 342 g/mol. The number of rotatable bonds is 4. The number of aromatic nitrogens is 5. The fraction of sp³-hybridized carbons (Fsp3) is 0.375. The number of nitrogens with zero attached hydrogens (tertiary/aromatic N) is 5. The zero-order chi connectivity index (χ0) is 17.4. The fourth-order valence-electron chi connectivity index (χ4n) is 3.04. The molecule has 0 spiro atoms. The van der Waals surface area contributed by atoms with Crippen LogP contribution < -0.4 is 5.32 Å². The van der Waals surface area contributed by atoms with Gasteiger partial charge in [0.1, 0.15) is 5.02 Å². The minimum absolute atomic E-state index is 0.149. The molecule has 1 amide bonds. The van der Waals surface area contributed by atoms with Crippen LogP contribution in [0, 0.1) is 0 Å². The molecule has 25 heavy (non-hydrogen) atoms. The van der Waals surface area contributed by atoms with Crippen LogP contribution in [0.1, 0.15) is 27.3 Å². The van der Waals surface area contributed by atoms with Gasteiger partial charge in [0.25, 0.3) is 5.91 Å². The van der Waals surface area contributed by atoms with Gasteiger partial charge in [0.05, 0.1) is 6.20 Å². The lowest BCUT2D eigenvalue weighted by atomic mass is 10.1. The van der Waals surface area contributed by atoms with Crippen LogP contribution in [0.2, 0.25) is 5.02 Å². The summed E-state index contributed by atoms with van der Waals surface area (Å²) in [6, 6.07) is 0. The first-order valence-corrected chi connectivity index (χ1v) is 8.50. The number of likely N-dealkylation sites (N-methyl/N-ethyl adjacent to an activating group) is 1. The Morgan fingerprint density at radius 1 is 1.44 bits per heavy atom. The van der Waals surface area contributed by atoms with Crippen LogP contribution in [0.15, 0.2) is 18.6 Å². The van der Waals surface area contributed by atoms with Gasteiger partial charge in [-0.3, -0.25) is 9.89 Å². The number of fused-ring (bicyclic) bond motifs is 2. The zero-order valence-electron chi connectivity index (χ0n) is 13.8. The molecule has 9 heteroatoms. The van der Waals surface area contributed by atoms with Crippen LogP contribution in [0.3, 0.4) is 0 Å². The molecule has 4 rings (SSSR count). The third-order valence-electron chi connectivity index (χ3n) is 4.41. The molecule has 0 aliphatic carbocycles. The van der Waals surface area contributed by atoms with Crippen molar-refractivity contribution in [1.82, 2.24) is 35.0 Å². The van der Waals surface area contributed by atoms with Gasteiger partial charge >= 0.3 is 0 Å². The van der Waals surface area contributed by atoms with Crippen molar-refractivity contribution in [3.8, 4) is 0 Å². The summed E-state index contributed by atoms with van der Waals surface area (Å²) in [6.07, 6.45) is 6.72. The van der Waals surface area contributed by atoms with E-state index >= 15 is 0 Å². The largest absolute Gasteiger partial charge is 0.350 e. The van der Waals surface area contributed by atoms with E-state index in [-0.39, 0.29) is 5.91 Å². The molecule has 2 N–H and O–H groups in total. The van der Waals surface area contributed by atoms with Crippen molar-refractivity contribution in [3.05, 3.63) is 46.1 Å². The standard InChI is InChI=1S/C16H18ClN7O/c1-23-5-3-13-11(9-23)14(22-21-13)16(25)18-4-2-10-6-19-15-12(17)7-20-24(15)8-10/h6-8H,2-5,9H2,1H3,(H,18,25)(H,21,22). The second kappa shape index (κ2) is 6.45. The van der Waals surface area contributed by atoms with E-state index in [1.54, 1.807) is 16.9 Å². The van der Waals surface area contributed by atoms with Crippen molar-refractivity contribution >= 4 is 23.2 Å². The maximum atomic E-state index is 12.4. The number of amides is 1. The van der Waals surface area contributed by atoms with Crippen molar-refractivity contribution in [1.29, 1.82) is 0 Å². The van der Waals surface area contributed by atoms with Gasteiger partial charge in [-0.1, -0.05) is 11.6 Å². The predicted octanol–water partition coefficient (Wildman–Crippen LogP) is 1.07. The number of nitrogens with one attached hydrogen (secondary N) is 2. The van der Waals surface area contributed by atoms with E-state index in [2.05, 4.69) is 30.5 Å². The Balaban J connectivity index is 1.39. The molecule has 1 aliphatic heterocycles. The second-order valence-corrected chi connectivity index (χ2v) is 6.65. The van der Waals surface area contributed by atoms with E-state index < -0.39 is 0 Å². The summed E-state index contributed by atoms with van der Waals surface area (Å²) in [5, 5.41) is 14.8. The van der Waals surface area contributed by atoms with Gasteiger partial charge in [-0.2, -0.15) is 10.2 Å². The molecule has 0 radical (unpaired) electrons. The van der Waals surface area contributed by atoms with Crippen LogP contribution in [0.4, 0.5) is 0 Å². The lowest BCUT2D eigenvalue weighted by Crippen LogP contribution is -2.30. The molecule has 3 aromatic heterocycles. The van der Waals surface area contributed by atoms with E-state index in [9.17, 15) is 4.79 Å². The Morgan fingerprint density at radius 2 is 2.32 bits per heavy atom. The average molecular weight is 360 g/mol. The summed E-state index contributed by atoms with van der Waals surface area (Å²) in [5.41, 5.74) is 4.15. The number of carbonyl (C=O) groups excluding carboxylic acids is 1. The highest BCUT2D eigenvalue weighted by molar-refractivity contribution is 6.33. The minimum atomic E-state index is -0.149. The molecule has 1 aliphatic rings. The highest BCUT2D eigenvalue weighted by atomic mass is 35.5. The molecule has 8 nitrogen and oxygen atoms in total. The SMILES string of the molecule is CN1CCc2[nH]nc(C(=O)NCCc3cnc4c(Cl)cnn4c3)c2C1. The first-order valence-electron chi connectivity index (χ1n) is 8.12. The van der Waals surface area contributed by atoms with E-state index in [1.807, 2.05) is 13.2 Å². The van der Waals surface area contributed by atoms with Crippen molar-refractivity contribution in [3.63, 3.8) is 0 Å². The summed E-state index contributed by atoms with van der Waals surface area (Å²) in [4.78, 5) is 18.9. The van der Waals surface area contributed by atoms with Gasteiger partial charge in [0, 0.05) is 49.7 Å². The summed E-state index contributed by atoms with van der Waals surface area (Å²) in [7, 11) is 2.04. The van der Waals surface area contributed by atoms with E-state index in [1.165, 1.54) is 0 Å². The molecular formula is C16H18ClN7O. The Labute approximate surface area is 149 Å². The monoisotopic (exact) mass is 359 g/mol. The molecule has 0 fully saturated rings. The first kappa shape index (κ1) is 16.0. The second-order valence-electron chi connectivity index (χ2n) is 6.25. The summed E-state index contributed by atoms with van der Waals surface area (Å²) in [5.74, 6) is -0.149. The van der Waals surface area contributed by atoms with Crippen molar-refractivity contribution in [2.75, 3.05) is 20.1 Å². The third-order valence-corrected chi connectivity index (χ3v) is 4.67. The molecule has 4 heterocycles. The first-order chi connectivity index (χ1) is 12.1. The molecule has 0 atom stereocenters. The maximum Gasteiger partial charge on any atom is 0.272 e. The Hall–Kier alpha value is -2.45. The van der Waals surface area contributed by atoms with Gasteiger partial charge in [0.15, 0.2) is 11.3 Å². The van der Waals surface area contributed by atoms with Crippen LogP contribution in [0.25, 0.3) is 5.65 Å². The normalized spacial score (nSPS) is 14.6. The number of aromatic amines is 1. The van der Waals surface area contributed by atoms with E-state index in [0.29, 0.717) is 29.3 Å². The molecule has 3 aromatic rings. The number of hydrogen-bond acceptors (Lipinski definition) is 5. The molecule has 130 valence electrons. The highest BCUT2D eigenvalue weighted by Crippen LogP contribution is 2.19. The van der Waals surface area contributed by atoms with Gasteiger partial charge in [-0.15, -0.1) is 0 Å². The van der Waals surface area contributed by atoms with Crippen molar-refractivity contribution < 1.29 is 4.79 Å². The van der Waals surface area contributed by atoms with E-state index in [0.717, 1.165) is 36.3 Å². The Kier molecular flexibility index (Phi) is 4.14. The zero-order valence-corrected chi connectivity index (χ0v) is 14.5. The molecule has 0 saturated heterocycles. The Bertz CT molecular complexity index is 932. The topological polar surface area (TPSA) is 91.2 Å². The lowest BCUT2D eigenvalue weighted by molar-refractivity contribution is 0.0947. The summed E-state index contributed by atoms with van der Waals surface area (Å²) in [6.45, 7) is 2.22. The molecule has 0 aromatic carbocycles. The number of carbonyl (C=O) groups is 1. The number of halogens is 1. The third kappa shape index (κ3) is 3.10. The van der Waals surface area contributed by atoms with Crippen LogP contribution in [-0.2, 0) is 19.4 Å². The van der Waals surface area contributed by atoms with Crippen molar-refractivity contribution in [2.45, 2.75) is 19.4 Å². The maximum absolute atomic E-state index is 12.4. The number of hydrogen-bond donors (Lipinski definition) is 2. The molecule has 0 saturated carbocycles. The van der Waals surface area contributed by atoms with Crippen LogP contribution in [-0.4, -0.2) is 55.7 Å². The van der Waals surface area contributed by atoms with Crippen LogP contribution in [0.5, 0.6) is 0 Å². The average Bonchev–Trinajstić information content (AvgIpc) is 3.18. The quantitative estimate of drug-likeness (QED) is 0.727. The summed E-state index contributed by atoms with van der Waals surface area (Å²) >= 11 is 5.98. The predicted molar refractivity (Wildman–Crippen MR) is 92.7 cm³/mol. The van der Waals surface area contributed by atoms with Gasteiger partial charge in [0.2, 0.25) is 0 Å². The Morgan fingerprint density at radius 3 is 3.20 bits per heavy atom. The van der Waals surface area contributed by atoms with Gasteiger partial charge < -0.3 is 10.2 Å². The molecule has 0 bridgehead atoms. The lowest BCUT2D eigenvalue weighted by Gasteiger charge is -2.22. The van der Waals surface area contributed by atoms with Gasteiger partial charge in [-0.25, -0.2) is 9.50 Å². The minimum Gasteiger partial charge on any atom is -0.350 e. The summed E-state index contributed by atoms with van der Waals surface area (Å²) < 4.78 is 1.64.